The van der Waals surface area contributed by atoms with Gasteiger partial charge in [-0.25, -0.2) is 4.79 Å². The van der Waals surface area contributed by atoms with E-state index in [1.807, 2.05) is 23.1 Å². The average molecular weight is 246 g/mol. The Bertz CT molecular complexity index is 421. The van der Waals surface area contributed by atoms with Gasteiger partial charge in [-0.2, -0.15) is 0 Å². The number of rotatable bonds is 3. The van der Waals surface area contributed by atoms with E-state index in [-0.39, 0.29) is 18.2 Å². The summed E-state index contributed by atoms with van der Waals surface area (Å²) in [6, 6.07) is 10.5. The maximum Gasteiger partial charge on any atom is 0.410 e. The molecule has 0 radical (unpaired) electrons. The molecule has 1 N–H and O–H groups in total. The number of nitrogens with one attached hydrogen (secondary N) is 1. The molecular weight excluding hydrogens is 228 g/mol. The lowest BCUT2D eigenvalue weighted by molar-refractivity contribution is 0.121. The second-order valence-corrected chi connectivity index (χ2v) is 4.91. The Morgan fingerprint density at radius 3 is 3.00 bits per heavy atom. The van der Waals surface area contributed by atoms with Crippen LogP contribution in [0, 0.1) is 0 Å². The Morgan fingerprint density at radius 1 is 1.33 bits per heavy atom. The Hall–Kier alpha value is -1.55. The van der Waals surface area contributed by atoms with Gasteiger partial charge in [-0.3, -0.25) is 0 Å². The van der Waals surface area contributed by atoms with Gasteiger partial charge in [0.2, 0.25) is 0 Å². The maximum atomic E-state index is 11.8. The van der Waals surface area contributed by atoms with Crippen molar-refractivity contribution in [1.82, 2.24) is 10.2 Å². The average Bonchev–Trinajstić information content (AvgIpc) is 2.73. The molecule has 0 saturated carbocycles. The quantitative estimate of drug-likeness (QED) is 0.877. The van der Waals surface area contributed by atoms with Crippen molar-refractivity contribution in [2.45, 2.75) is 25.0 Å². The zero-order valence-electron chi connectivity index (χ0n) is 10.3. The highest BCUT2D eigenvalue weighted by Gasteiger charge is 2.42. The number of fused-ring (bicyclic) bond motifs is 1. The first-order chi connectivity index (χ1) is 8.84. The molecule has 4 nitrogen and oxygen atoms in total. The lowest BCUT2D eigenvalue weighted by Gasteiger charge is -2.28. The first kappa shape index (κ1) is 11.5. The van der Waals surface area contributed by atoms with Crippen molar-refractivity contribution in [2.24, 2.45) is 0 Å². The highest BCUT2D eigenvalue weighted by molar-refractivity contribution is 5.70. The van der Waals surface area contributed by atoms with Gasteiger partial charge in [0.05, 0.1) is 6.04 Å². The molecule has 1 amide bonds. The van der Waals surface area contributed by atoms with Crippen LogP contribution in [0.2, 0.25) is 0 Å². The Kier molecular flexibility index (Phi) is 3.19. The Labute approximate surface area is 107 Å². The summed E-state index contributed by atoms with van der Waals surface area (Å²) in [5.74, 6) is 0. The molecule has 2 unspecified atom stereocenters. The number of carbonyl (C=O) groups is 1. The molecule has 2 atom stereocenters. The van der Waals surface area contributed by atoms with E-state index in [0.29, 0.717) is 0 Å². The molecule has 0 aliphatic carbocycles. The van der Waals surface area contributed by atoms with Crippen molar-refractivity contribution in [3.8, 4) is 0 Å². The number of hydrogen-bond acceptors (Lipinski definition) is 3. The largest absolute Gasteiger partial charge is 0.443 e. The number of ether oxygens (including phenoxy) is 1. The van der Waals surface area contributed by atoms with Crippen molar-refractivity contribution in [3.63, 3.8) is 0 Å². The second-order valence-electron chi connectivity index (χ2n) is 4.91. The molecule has 2 aliphatic rings. The standard InChI is InChI=1S/C14H18N2O2/c17-14-16(9-7-11-4-2-1-3-5-11)12-6-8-15-10-13(12)18-14/h1-5,12-13,15H,6-10H2. The summed E-state index contributed by atoms with van der Waals surface area (Å²) in [5.41, 5.74) is 1.27. The predicted octanol–water partition coefficient (Wildman–Crippen LogP) is 1.41. The third-order valence-corrected chi connectivity index (χ3v) is 3.76. The van der Waals surface area contributed by atoms with Crippen molar-refractivity contribution in [3.05, 3.63) is 35.9 Å². The normalized spacial score (nSPS) is 26.9. The van der Waals surface area contributed by atoms with E-state index in [2.05, 4.69) is 17.4 Å². The number of piperidine rings is 1. The molecule has 4 heteroatoms. The van der Waals surface area contributed by atoms with E-state index in [1.54, 1.807) is 0 Å². The fraction of sp³-hybridized carbons (Fsp3) is 0.500. The summed E-state index contributed by atoms with van der Waals surface area (Å²) >= 11 is 0. The summed E-state index contributed by atoms with van der Waals surface area (Å²) < 4.78 is 5.39. The molecule has 0 bridgehead atoms. The zero-order valence-corrected chi connectivity index (χ0v) is 10.3. The van der Waals surface area contributed by atoms with Crippen LogP contribution in [0.1, 0.15) is 12.0 Å². The summed E-state index contributed by atoms with van der Waals surface area (Å²) in [6.07, 6.45) is 1.78. The minimum absolute atomic E-state index is 0.0435. The SMILES string of the molecule is O=C1OC2CNCCC2N1CCc1ccccc1. The monoisotopic (exact) mass is 246 g/mol. The molecule has 2 saturated heterocycles. The molecular formula is C14H18N2O2. The number of amides is 1. The van der Waals surface area contributed by atoms with Crippen LogP contribution in [-0.4, -0.2) is 42.8 Å². The van der Waals surface area contributed by atoms with Gasteiger partial charge in [0.15, 0.2) is 0 Å². The molecule has 3 rings (SSSR count). The Balaban J connectivity index is 1.63. The number of hydrogen-bond donors (Lipinski definition) is 1. The van der Waals surface area contributed by atoms with Crippen molar-refractivity contribution in [1.29, 1.82) is 0 Å². The van der Waals surface area contributed by atoms with Crippen LogP contribution in [-0.2, 0) is 11.2 Å². The van der Waals surface area contributed by atoms with Gasteiger partial charge in [-0.05, 0) is 24.9 Å². The Morgan fingerprint density at radius 2 is 2.17 bits per heavy atom. The van der Waals surface area contributed by atoms with Crippen LogP contribution >= 0.6 is 0 Å². The molecule has 0 aromatic heterocycles. The van der Waals surface area contributed by atoms with Gasteiger partial charge in [0, 0.05) is 13.1 Å². The van der Waals surface area contributed by atoms with Gasteiger partial charge in [0.1, 0.15) is 6.10 Å². The number of benzene rings is 1. The molecule has 1 aromatic rings. The molecule has 0 spiro atoms. The smallest absolute Gasteiger partial charge is 0.410 e. The van der Waals surface area contributed by atoms with E-state index in [0.717, 1.165) is 32.5 Å². The van der Waals surface area contributed by atoms with Gasteiger partial charge in [-0.15, -0.1) is 0 Å². The summed E-state index contributed by atoms with van der Waals surface area (Å²) in [7, 11) is 0. The van der Waals surface area contributed by atoms with Crippen molar-refractivity contribution in [2.75, 3.05) is 19.6 Å². The molecule has 2 aliphatic heterocycles. The summed E-state index contributed by atoms with van der Waals surface area (Å²) in [4.78, 5) is 13.7. The second kappa shape index (κ2) is 4.98. The summed E-state index contributed by atoms with van der Waals surface area (Å²) in [6.45, 7) is 2.52. The van der Waals surface area contributed by atoms with E-state index in [9.17, 15) is 4.79 Å². The minimum atomic E-state index is -0.148. The summed E-state index contributed by atoms with van der Waals surface area (Å²) in [5, 5.41) is 3.27. The topological polar surface area (TPSA) is 41.6 Å². The van der Waals surface area contributed by atoms with Crippen LogP contribution in [0.3, 0.4) is 0 Å². The molecule has 2 heterocycles. The number of carbonyl (C=O) groups excluding carboxylic acids is 1. The first-order valence-corrected chi connectivity index (χ1v) is 6.56. The zero-order chi connectivity index (χ0) is 12.4. The highest BCUT2D eigenvalue weighted by Crippen LogP contribution is 2.24. The molecule has 18 heavy (non-hydrogen) atoms. The van der Waals surface area contributed by atoms with Crippen LogP contribution in [0.4, 0.5) is 4.79 Å². The van der Waals surface area contributed by atoms with E-state index in [1.165, 1.54) is 5.56 Å². The first-order valence-electron chi connectivity index (χ1n) is 6.56. The van der Waals surface area contributed by atoms with E-state index < -0.39 is 0 Å². The van der Waals surface area contributed by atoms with Gasteiger partial charge in [0.25, 0.3) is 0 Å². The fourth-order valence-corrected chi connectivity index (χ4v) is 2.78. The lowest BCUT2D eigenvalue weighted by atomic mass is 10.0. The lowest BCUT2D eigenvalue weighted by Crippen LogP contribution is -2.47. The van der Waals surface area contributed by atoms with Crippen LogP contribution in [0.15, 0.2) is 30.3 Å². The number of nitrogens with zero attached hydrogens (tertiary/aromatic N) is 1. The van der Waals surface area contributed by atoms with Gasteiger partial charge in [-0.1, -0.05) is 30.3 Å². The van der Waals surface area contributed by atoms with Crippen LogP contribution in [0.25, 0.3) is 0 Å². The van der Waals surface area contributed by atoms with E-state index in [4.69, 9.17) is 4.74 Å². The maximum absolute atomic E-state index is 11.8. The highest BCUT2D eigenvalue weighted by atomic mass is 16.6. The molecule has 1 aromatic carbocycles. The van der Waals surface area contributed by atoms with Gasteiger partial charge >= 0.3 is 6.09 Å². The minimum Gasteiger partial charge on any atom is -0.443 e. The van der Waals surface area contributed by atoms with E-state index >= 15 is 0 Å². The molecule has 2 fully saturated rings. The molecule has 96 valence electrons. The van der Waals surface area contributed by atoms with Crippen LogP contribution < -0.4 is 5.32 Å². The fourth-order valence-electron chi connectivity index (χ4n) is 2.78. The van der Waals surface area contributed by atoms with Crippen molar-refractivity contribution >= 4 is 6.09 Å². The third-order valence-electron chi connectivity index (χ3n) is 3.76. The van der Waals surface area contributed by atoms with Crippen LogP contribution in [0.5, 0.6) is 0 Å². The predicted molar refractivity (Wildman–Crippen MR) is 68.4 cm³/mol. The third kappa shape index (κ3) is 2.20. The van der Waals surface area contributed by atoms with Crippen molar-refractivity contribution < 1.29 is 9.53 Å². The van der Waals surface area contributed by atoms with Gasteiger partial charge < -0.3 is 15.0 Å².